The van der Waals surface area contributed by atoms with Crippen molar-refractivity contribution in [1.29, 1.82) is 0 Å². The van der Waals surface area contributed by atoms with E-state index >= 15 is 0 Å². The van der Waals surface area contributed by atoms with Gasteiger partial charge in [-0.2, -0.15) is 0 Å². The summed E-state index contributed by atoms with van der Waals surface area (Å²) in [5, 5.41) is 28.2. The number of aliphatic hydroxyl groups is 3. The summed E-state index contributed by atoms with van der Waals surface area (Å²) >= 11 is 0. The second-order valence-electron chi connectivity index (χ2n) is 14.2. The van der Waals surface area contributed by atoms with Gasteiger partial charge in [-0.25, -0.2) is 4.57 Å². The number of rotatable bonds is 39. The maximum absolute atomic E-state index is 12.6. The number of phosphoric ester groups is 1. The molecule has 0 bridgehead atoms. The van der Waals surface area contributed by atoms with E-state index in [1.807, 2.05) is 66.8 Å². The number of allylic oxidation sites excluding steroid dienone is 20. The van der Waals surface area contributed by atoms with Gasteiger partial charge in [0.1, 0.15) is 12.7 Å². The van der Waals surface area contributed by atoms with Gasteiger partial charge in [-0.05, 0) is 83.5 Å². The van der Waals surface area contributed by atoms with E-state index in [0.717, 1.165) is 51.4 Å². The molecule has 348 valence electrons. The summed E-state index contributed by atoms with van der Waals surface area (Å²) < 4.78 is 32.5. The van der Waals surface area contributed by atoms with Gasteiger partial charge in [0.05, 0.1) is 25.9 Å². The Bertz CT molecular complexity index is 1500. The molecule has 62 heavy (non-hydrogen) atoms. The molecule has 4 N–H and O–H groups in total. The van der Waals surface area contributed by atoms with Crippen LogP contribution in [0.25, 0.3) is 0 Å². The normalized spacial score (nSPS) is 15.5. The average molecular weight is 885 g/mol. The number of carbonyl (C=O) groups is 2. The zero-order valence-corrected chi connectivity index (χ0v) is 38.3. The zero-order valence-electron chi connectivity index (χ0n) is 37.4. The van der Waals surface area contributed by atoms with Gasteiger partial charge in [-0.3, -0.25) is 18.6 Å². The minimum absolute atomic E-state index is 0.0190. The van der Waals surface area contributed by atoms with E-state index in [-0.39, 0.29) is 12.8 Å². The van der Waals surface area contributed by atoms with Crippen LogP contribution in [-0.4, -0.2) is 76.9 Å². The maximum atomic E-state index is 12.6. The van der Waals surface area contributed by atoms with Crippen molar-refractivity contribution in [2.75, 3.05) is 26.4 Å². The molecular weight excluding hydrogens is 808 g/mol. The Kier molecular flexibility index (Phi) is 40.9. The summed E-state index contributed by atoms with van der Waals surface area (Å²) in [6.45, 7) is 1.93. The van der Waals surface area contributed by atoms with E-state index in [0.29, 0.717) is 25.7 Å². The fraction of sp³-hybridized carbons (Fsp3) is 0.520. The molecule has 0 aliphatic rings. The van der Waals surface area contributed by atoms with Crippen molar-refractivity contribution in [2.45, 2.75) is 141 Å². The highest BCUT2D eigenvalue weighted by Crippen LogP contribution is 2.43. The van der Waals surface area contributed by atoms with Crippen LogP contribution in [0.5, 0.6) is 0 Å². The lowest BCUT2D eigenvalue weighted by Gasteiger charge is -2.20. The molecule has 2 unspecified atom stereocenters. The fourth-order valence-electron chi connectivity index (χ4n) is 4.97. The minimum atomic E-state index is -4.68. The molecule has 11 nitrogen and oxygen atoms in total. The van der Waals surface area contributed by atoms with Crippen molar-refractivity contribution >= 4 is 19.8 Å². The summed E-state index contributed by atoms with van der Waals surface area (Å²) in [4.78, 5) is 35.0. The topological polar surface area (TPSA) is 169 Å². The summed E-state index contributed by atoms with van der Waals surface area (Å²) in [6.07, 6.45) is 54.9. The van der Waals surface area contributed by atoms with Crippen LogP contribution >= 0.6 is 7.82 Å². The van der Waals surface area contributed by atoms with Crippen LogP contribution in [0.15, 0.2) is 134 Å². The van der Waals surface area contributed by atoms with E-state index < -0.39 is 64.5 Å². The second kappa shape index (κ2) is 43.7. The summed E-state index contributed by atoms with van der Waals surface area (Å²) in [5.74, 6) is -1.16. The first kappa shape index (κ1) is 58.1. The van der Waals surface area contributed by atoms with Crippen molar-refractivity contribution in [3.63, 3.8) is 0 Å². The molecule has 0 fully saturated rings. The van der Waals surface area contributed by atoms with Gasteiger partial charge in [-0.1, -0.05) is 160 Å². The summed E-state index contributed by atoms with van der Waals surface area (Å²) in [5.41, 5.74) is 0. The predicted octanol–water partition coefficient (Wildman–Crippen LogP) is 11.1. The first-order valence-electron chi connectivity index (χ1n) is 22.3. The molecule has 0 aliphatic heterocycles. The molecule has 0 spiro atoms. The number of aliphatic hydroxyl groups excluding tert-OH is 3. The molecular formula is C50H77O11P. The summed E-state index contributed by atoms with van der Waals surface area (Å²) in [6, 6.07) is 0. The number of carbonyl (C=O) groups excluding carboxylic acids is 2. The SMILES string of the molecule is CC/C=C\CC(O)/C=C/C=C/C/C=C\C/C=C\C/C=C\CCC(=O)O[C@H](COC(=O)CC/C=C\C/C=C\C/C=C\C/C=C\C/C=C\CCCCC)COP(=O)(O)OC[C@@H](O)CO. The molecule has 12 heteroatoms. The Morgan fingerprint density at radius 1 is 0.565 bits per heavy atom. The highest BCUT2D eigenvalue weighted by atomic mass is 31.2. The monoisotopic (exact) mass is 885 g/mol. The van der Waals surface area contributed by atoms with E-state index in [1.54, 1.807) is 6.08 Å². The van der Waals surface area contributed by atoms with Crippen molar-refractivity contribution in [2.24, 2.45) is 0 Å². The van der Waals surface area contributed by atoms with Gasteiger partial charge in [0.25, 0.3) is 0 Å². The van der Waals surface area contributed by atoms with Gasteiger partial charge in [0, 0.05) is 12.8 Å². The Morgan fingerprint density at radius 2 is 1.05 bits per heavy atom. The molecule has 0 rings (SSSR count). The Balaban J connectivity index is 4.59. The fourth-order valence-corrected chi connectivity index (χ4v) is 5.76. The highest BCUT2D eigenvalue weighted by molar-refractivity contribution is 7.47. The third-order valence-corrected chi connectivity index (χ3v) is 9.35. The Labute approximate surface area is 373 Å². The molecule has 0 aliphatic carbocycles. The standard InChI is InChI=1S/C50H77O11P/c1-3-5-7-8-9-10-11-12-13-14-15-16-17-20-23-26-29-32-36-40-49(54)58-44-48(45-60-62(56,57)59-43-47(53)42-51)61-50(55)41-37-33-30-27-24-21-18-19-22-25-28-31-35-39-46(52)38-34-6-4-2/h6,9-10,12-13,15-16,19-24,28-35,39,46-48,51-53H,3-5,7-8,11,14,17-18,25-27,36-38,40-45H2,1-2H3,(H,56,57)/b10-9-,13-12-,16-15-,22-19-,23-20-,24-21-,31-28+,32-29-,33-30-,34-6-,39-35+/t46?,47-,48+/m0/s1. The van der Waals surface area contributed by atoms with Crippen molar-refractivity contribution in [3.8, 4) is 0 Å². The van der Waals surface area contributed by atoms with E-state index in [4.69, 9.17) is 19.1 Å². The van der Waals surface area contributed by atoms with Gasteiger partial charge >= 0.3 is 19.8 Å². The van der Waals surface area contributed by atoms with E-state index in [9.17, 15) is 29.3 Å². The zero-order chi connectivity index (χ0) is 45.6. The third kappa shape index (κ3) is 42.7. The lowest BCUT2D eigenvalue weighted by molar-refractivity contribution is -0.161. The van der Waals surface area contributed by atoms with Crippen LogP contribution in [0, 0.1) is 0 Å². The molecule has 4 atom stereocenters. The molecule has 0 aromatic carbocycles. The lowest BCUT2D eigenvalue weighted by atomic mass is 10.2. The highest BCUT2D eigenvalue weighted by Gasteiger charge is 2.27. The van der Waals surface area contributed by atoms with Gasteiger partial charge in [0.15, 0.2) is 6.10 Å². The van der Waals surface area contributed by atoms with Crippen molar-refractivity contribution < 1.29 is 52.9 Å². The third-order valence-electron chi connectivity index (χ3n) is 8.40. The number of hydrogen-bond donors (Lipinski definition) is 4. The minimum Gasteiger partial charge on any atom is -0.462 e. The first-order valence-corrected chi connectivity index (χ1v) is 23.7. The first-order chi connectivity index (χ1) is 30.1. The quantitative estimate of drug-likeness (QED) is 0.0152. The molecule has 0 saturated carbocycles. The van der Waals surface area contributed by atoms with Gasteiger partial charge < -0.3 is 29.7 Å². The molecule has 0 amide bonds. The van der Waals surface area contributed by atoms with Gasteiger partial charge in [0.2, 0.25) is 0 Å². The molecule has 0 aromatic rings. The molecule has 0 radical (unpaired) electrons. The van der Waals surface area contributed by atoms with Crippen LogP contribution in [0.4, 0.5) is 0 Å². The van der Waals surface area contributed by atoms with Crippen LogP contribution < -0.4 is 0 Å². The van der Waals surface area contributed by atoms with E-state index in [1.165, 1.54) is 19.3 Å². The Morgan fingerprint density at radius 3 is 1.56 bits per heavy atom. The van der Waals surface area contributed by atoms with Crippen LogP contribution in [0.3, 0.4) is 0 Å². The predicted molar refractivity (Wildman–Crippen MR) is 252 cm³/mol. The average Bonchev–Trinajstić information content (AvgIpc) is 3.26. The number of hydrogen-bond acceptors (Lipinski definition) is 10. The number of unbranched alkanes of at least 4 members (excludes halogenated alkanes) is 3. The van der Waals surface area contributed by atoms with Crippen LogP contribution in [0.1, 0.15) is 123 Å². The lowest BCUT2D eigenvalue weighted by Crippen LogP contribution is -2.29. The molecule has 0 heterocycles. The number of ether oxygens (including phenoxy) is 2. The Hall–Kier alpha value is -3.93. The largest absolute Gasteiger partial charge is 0.472 e. The van der Waals surface area contributed by atoms with Gasteiger partial charge in [-0.15, -0.1) is 0 Å². The maximum Gasteiger partial charge on any atom is 0.472 e. The van der Waals surface area contributed by atoms with Crippen molar-refractivity contribution in [3.05, 3.63) is 134 Å². The van der Waals surface area contributed by atoms with Crippen molar-refractivity contribution in [1.82, 2.24) is 0 Å². The second-order valence-corrected chi connectivity index (χ2v) is 15.6. The smallest absolute Gasteiger partial charge is 0.462 e. The molecule has 0 saturated heterocycles. The number of phosphoric acid groups is 1. The van der Waals surface area contributed by atoms with Crippen LogP contribution in [-0.2, 0) is 32.7 Å². The molecule has 0 aromatic heterocycles. The van der Waals surface area contributed by atoms with Crippen LogP contribution in [0.2, 0.25) is 0 Å². The van der Waals surface area contributed by atoms with E-state index in [2.05, 4.69) is 79.1 Å². The summed E-state index contributed by atoms with van der Waals surface area (Å²) in [7, 11) is -4.68. The number of esters is 2.